The maximum Gasteiger partial charge on any atom is 0.253 e. The molecule has 1 aromatic carbocycles. The Morgan fingerprint density at radius 3 is 2.24 bits per heavy atom. The number of aromatic nitrogens is 1. The van der Waals surface area contributed by atoms with Crippen molar-refractivity contribution in [3.8, 4) is 0 Å². The number of pyridine rings is 1. The molecule has 1 fully saturated rings. The molecule has 2 amide bonds. The van der Waals surface area contributed by atoms with Gasteiger partial charge in [-0.3, -0.25) is 9.59 Å². The number of amides is 2. The van der Waals surface area contributed by atoms with Crippen molar-refractivity contribution in [1.82, 2.24) is 19.7 Å². The topological polar surface area (TPSA) is 72.0 Å². The third kappa shape index (κ3) is 6.70. The molecule has 8 nitrogen and oxygen atoms in total. The van der Waals surface area contributed by atoms with E-state index in [1.807, 2.05) is 38.2 Å². The highest BCUT2D eigenvalue weighted by Gasteiger charge is 2.24. The van der Waals surface area contributed by atoms with Crippen molar-refractivity contribution in [2.75, 3.05) is 70.6 Å². The first-order valence-electron chi connectivity index (χ1n) is 12.0. The van der Waals surface area contributed by atoms with E-state index >= 15 is 0 Å². The zero-order valence-electron chi connectivity index (χ0n) is 21.1. The predicted octanol–water partition coefficient (Wildman–Crippen LogP) is 2.89. The van der Waals surface area contributed by atoms with Gasteiger partial charge in [0.25, 0.3) is 11.8 Å². The summed E-state index contributed by atoms with van der Waals surface area (Å²) >= 11 is 0. The fourth-order valence-corrected chi connectivity index (χ4v) is 4.08. The van der Waals surface area contributed by atoms with Crippen LogP contribution in [-0.2, 0) is 0 Å². The number of benzene rings is 1. The third-order valence-electron chi connectivity index (χ3n) is 5.92. The molecule has 0 aliphatic carbocycles. The van der Waals surface area contributed by atoms with Crippen LogP contribution in [0.5, 0.6) is 0 Å². The number of rotatable bonds is 9. The molecule has 184 valence electrons. The largest absolute Gasteiger partial charge is 0.380 e. The van der Waals surface area contributed by atoms with Crippen molar-refractivity contribution in [3.63, 3.8) is 0 Å². The summed E-state index contributed by atoms with van der Waals surface area (Å²) in [6, 6.07) is 11.3. The van der Waals surface area contributed by atoms with E-state index in [0.29, 0.717) is 36.8 Å². The van der Waals surface area contributed by atoms with E-state index in [9.17, 15) is 9.59 Å². The van der Waals surface area contributed by atoms with Crippen molar-refractivity contribution >= 4 is 23.3 Å². The van der Waals surface area contributed by atoms with E-state index in [1.54, 1.807) is 35.4 Å². The smallest absolute Gasteiger partial charge is 0.253 e. The number of nitrogens with one attached hydrogen (secondary N) is 1. The van der Waals surface area contributed by atoms with E-state index in [-0.39, 0.29) is 11.8 Å². The second kappa shape index (κ2) is 11.8. The summed E-state index contributed by atoms with van der Waals surface area (Å²) in [6.07, 6.45) is 2.73. The fraction of sp³-hybridized carbons (Fsp3) is 0.500. The Balaban J connectivity index is 1.56. The van der Waals surface area contributed by atoms with Crippen LogP contribution in [0.25, 0.3) is 0 Å². The van der Waals surface area contributed by atoms with Crippen LogP contribution in [0.4, 0.5) is 11.5 Å². The van der Waals surface area contributed by atoms with Gasteiger partial charge in [-0.15, -0.1) is 0 Å². The summed E-state index contributed by atoms with van der Waals surface area (Å²) in [4.78, 5) is 38.2. The number of carbonyl (C=O) groups excluding carboxylic acids is 2. The summed E-state index contributed by atoms with van der Waals surface area (Å²) in [5, 5.41) is 3.45. The van der Waals surface area contributed by atoms with Gasteiger partial charge >= 0.3 is 0 Å². The van der Waals surface area contributed by atoms with Crippen LogP contribution in [0, 0.1) is 0 Å². The zero-order chi connectivity index (χ0) is 24.7. The van der Waals surface area contributed by atoms with Gasteiger partial charge in [-0.05, 0) is 77.3 Å². The number of nitrogens with zero attached hydrogens (tertiary/aromatic N) is 5. The minimum atomic E-state index is -0.0208. The molecule has 34 heavy (non-hydrogen) atoms. The van der Waals surface area contributed by atoms with Gasteiger partial charge in [0.15, 0.2) is 5.82 Å². The van der Waals surface area contributed by atoms with Crippen molar-refractivity contribution in [2.45, 2.75) is 26.3 Å². The maximum atomic E-state index is 13.1. The van der Waals surface area contributed by atoms with Crippen LogP contribution in [0.3, 0.4) is 0 Å². The highest BCUT2D eigenvalue weighted by molar-refractivity contribution is 5.97. The van der Waals surface area contributed by atoms with Gasteiger partial charge in [-0.1, -0.05) is 0 Å². The molecule has 0 spiro atoms. The summed E-state index contributed by atoms with van der Waals surface area (Å²) in [5.74, 6) is 0.910. The highest BCUT2D eigenvalue weighted by atomic mass is 16.2. The third-order valence-corrected chi connectivity index (χ3v) is 5.92. The molecule has 1 saturated heterocycles. The fourth-order valence-electron chi connectivity index (χ4n) is 4.08. The van der Waals surface area contributed by atoms with E-state index in [4.69, 9.17) is 0 Å². The van der Waals surface area contributed by atoms with Gasteiger partial charge in [-0.2, -0.15) is 0 Å². The average Bonchev–Trinajstić information content (AvgIpc) is 2.83. The van der Waals surface area contributed by atoms with E-state index in [1.165, 1.54) is 0 Å². The van der Waals surface area contributed by atoms with Crippen LogP contribution in [-0.4, -0.2) is 98.0 Å². The first kappa shape index (κ1) is 25.5. The molecule has 0 radical (unpaired) electrons. The Morgan fingerprint density at radius 1 is 0.971 bits per heavy atom. The number of piperazine rings is 1. The van der Waals surface area contributed by atoms with Gasteiger partial charge in [0, 0.05) is 63.1 Å². The first-order chi connectivity index (χ1) is 16.3. The van der Waals surface area contributed by atoms with Gasteiger partial charge in [0.1, 0.15) is 0 Å². The van der Waals surface area contributed by atoms with Crippen molar-refractivity contribution < 1.29 is 9.59 Å². The lowest BCUT2D eigenvalue weighted by molar-refractivity contribution is 0.0743. The summed E-state index contributed by atoms with van der Waals surface area (Å²) in [7, 11) is 5.87. The average molecular weight is 467 g/mol. The predicted molar refractivity (Wildman–Crippen MR) is 138 cm³/mol. The second-order valence-corrected chi connectivity index (χ2v) is 9.41. The van der Waals surface area contributed by atoms with Crippen LogP contribution in [0.15, 0.2) is 42.6 Å². The highest BCUT2D eigenvalue weighted by Crippen LogP contribution is 2.25. The summed E-state index contributed by atoms with van der Waals surface area (Å²) in [6.45, 7) is 8.57. The molecule has 1 N–H and O–H groups in total. The molecule has 0 atom stereocenters. The van der Waals surface area contributed by atoms with Crippen molar-refractivity contribution in [1.29, 1.82) is 0 Å². The number of anilines is 2. The molecule has 2 aromatic rings. The molecule has 8 heteroatoms. The molecule has 0 saturated carbocycles. The molecule has 2 heterocycles. The molecular formula is C26H38N6O2. The van der Waals surface area contributed by atoms with Crippen LogP contribution in [0.2, 0.25) is 0 Å². The van der Waals surface area contributed by atoms with E-state index in [2.05, 4.69) is 33.9 Å². The second-order valence-electron chi connectivity index (χ2n) is 9.41. The molecule has 1 aliphatic heterocycles. The van der Waals surface area contributed by atoms with Gasteiger partial charge < -0.3 is 24.9 Å². The molecule has 0 bridgehead atoms. The van der Waals surface area contributed by atoms with Crippen LogP contribution < -0.4 is 10.2 Å². The van der Waals surface area contributed by atoms with Crippen molar-refractivity contribution in [2.24, 2.45) is 0 Å². The lowest BCUT2D eigenvalue weighted by atomic mass is 10.1. The monoisotopic (exact) mass is 466 g/mol. The van der Waals surface area contributed by atoms with Gasteiger partial charge in [0.2, 0.25) is 0 Å². The van der Waals surface area contributed by atoms with Gasteiger partial charge in [-0.25, -0.2) is 4.98 Å². The Kier molecular flexibility index (Phi) is 8.87. The normalized spacial score (nSPS) is 14.0. The first-order valence-corrected chi connectivity index (χ1v) is 12.0. The Labute approximate surface area is 203 Å². The van der Waals surface area contributed by atoms with E-state index in [0.717, 1.165) is 37.6 Å². The SMILES string of the molecule is CC(C)Nc1cccnc1N1CCN(C(=O)c2ccc(C(=O)N(C)CCCN(C)C)cc2)CC1. The number of carbonyl (C=O) groups is 2. The van der Waals surface area contributed by atoms with E-state index < -0.39 is 0 Å². The quantitative estimate of drug-likeness (QED) is 0.613. The lowest BCUT2D eigenvalue weighted by Gasteiger charge is -2.36. The lowest BCUT2D eigenvalue weighted by Crippen LogP contribution is -2.49. The molecular weight excluding hydrogens is 428 g/mol. The Morgan fingerprint density at radius 2 is 1.62 bits per heavy atom. The number of hydrogen-bond donors (Lipinski definition) is 1. The standard InChI is InChI=1S/C26H38N6O2/c1-20(2)28-23-8-6-13-27-24(23)31-16-18-32(19-17-31)26(34)22-11-9-21(10-12-22)25(33)30(5)15-7-14-29(3)4/h6,8-13,20,28H,7,14-19H2,1-5H3. The molecule has 1 aliphatic rings. The van der Waals surface area contributed by atoms with Gasteiger partial charge in [0.05, 0.1) is 5.69 Å². The molecule has 3 rings (SSSR count). The summed E-state index contributed by atoms with van der Waals surface area (Å²) in [5.41, 5.74) is 2.23. The van der Waals surface area contributed by atoms with Crippen LogP contribution >= 0.6 is 0 Å². The van der Waals surface area contributed by atoms with Crippen molar-refractivity contribution in [3.05, 3.63) is 53.7 Å². The Hall–Kier alpha value is -3.13. The summed E-state index contributed by atoms with van der Waals surface area (Å²) < 4.78 is 0. The minimum absolute atomic E-state index is 0.000429. The number of hydrogen-bond acceptors (Lipinski definition) is 6. The Bertz CT molecular complexity index is 952. The zero-order valence-corrected chi connectivity index (χ0v) is 21.1. The maximum absolute atomic E-state index is 13.1. The minimum Gasteiger partial charge on any atom is -0.380 e. The molecule has 0 unspecified atom stereocenters. The van der Waals surface area contributed by atoms with Crippen LogP contribution in [0.1, 0.15) is 41.0 Å². The molecule has 1 aromatic heterocycles.